The summed E-state index contributed by atoms with van der Waals surface area (Å²) in [4.78, 5) is 26.0. The van der Waals surface area contributed by atoms with Gasteiger partial charge in [-0.25, -0.2) is 14.8 Å². The molecule has 0 radical (unpaired) electrons. The van der Waals surface area contributed by atoms with Crippen LogP contribution in [0, 0.1) is 6.92 Å². The quantitative estimate of drug-likeness (QED) is 0.393. The van der Waals surface area contributed by atoms with Crippen LogP contribution in [0.15, 0.2) is 89.3 Å². The third-order valence-electron chi connectivity index (χ3n) is 4.64. The Hall–Kier alpha value is -3.68. The topological polar surface area (TPSA) is 75.5 Å². The molecule has 0 aliphatic rings. The summed E-state index contributed by atoms with van der Waals surface area (Å²) in [6, 6.07) is 23.0. The first kappa shape index (κ1) is 21.5. The minimum atomic E-state index is -0.406. The molecule has 1 aromatic heterocycles. The van der Waals surface area contributed by atoms with Gasteiger partial charge in [-0.15, -0.1) is 16.4 Å². The molecule has 3 aromatic carbocycles. The Kier molecular flexibility index (Phi) is 6.49. The maximum Gasteiger partial charge on any atom is 0.332 e. The van der Waals surface area contributed by atoms with Gasteiger partial charge in [0.25, 0.3) is 5.91 Å². The fraction of sp³-hybridized carbons (Fsp3) is 0.0417. The third-order valence-corrected chi connectivity index (χ3v) is 5.72. The van der Waals surface area contributed by atoms with Crippen molar-refractivity contribution in [3.63, 3.8) is 0 Å². The van der Waals surface area contributed by atoms with Gasteiger partial charge in [0.15, 0.2) is 0 Å². The molecular formula is C24H19ClN4O2S. The molecule has 32 heavy (non-hydrogen) atoms. The fourth-order valence-electron chi connectivity index (χ4n) is 2.98. The van der Waals surface area contributed by atoms with E-state index in [0.29, 0.717) is 26.8 Å². The van der Waals surface area contributed by atoms with Crippen LogP contribution >= 0.6 is 22.9 Å². The van der Waals surface area contributed by atoms with Gasteiger partial charge >= 0.3 is 6.03 Å². The van der Waals surface area contributed by atoms with Crippen molar-refractivity contribution in [1.82, 2.24) is 9.99 Å². The van der Waals surface area contributed by atoms with Crippen molar-refractivity contribution >= 4 is 40.6 Å². The van der Waals surface area contributed by atoms with Crippen LogP contribution in [-0.2, 0) is 0 Å². The molecule has 0 unspecified atom stereocenters. The van der Waals surface area contributed by atoms with Gasteiger partial charge in [0.2, 0.25) is 4.80 Å². The lowest BCUT2D eigenvalue weighted by atomic mass is 10.1. The van der Waals surface area contributed by atoms with E-state index in [9.17, 15) is 9.59 Å². The summed E-state index contributed by atoms with van der Waals surface area (Å²) in [6.07, 6.45) is 0. The molecule has 1 heterocycles. The molecular weight excluding hydrogens is 444 g/mol. The van der Waals surface area contributed by atoms with E-state index in [2.05, 4.69) is 15.8 Å². The molecule has 8 heteroatoms. The van der Waals surface area contributed by atoms with Crippen molar-refractivity contribution in [2.45, 2.75) is 6.92 Å². The molecule has 0 aliphatic heterocycles. The standard InChI is InChI=1S/C24H19ClN4O2S/c1-16-7-9-17(10-8-16)21-15-32-24(28-27-22(30)18-5-3-2-4-6-18)29(21)23(31)26-20-13-11-19(25)12-14-20/h2-15H,1H3,(H,26,31)(H,27,30)/b28-24+. The number of thiazole rings is 1. The second-order valence-corrected chi connectivity index (χ2v) is 8.23. The number of aryl methyl sites for hydroxylation is 1. The molecule has 0 aliphatic carbocycles. The van der Waals surface area contributed by atoms with Crippen LogP contribution in [0.1, 0.15) is 15.9 Å². The molecule has 2 N–H and O–H groups in total. The Bertz CT molecular complexity index is 1310. The molecule has 0 spiro atoms. The Morgan fingerprint density at radius 3 is 2.31 bits per heavy atom. The molecule has 2 amide bonds. The minimum Gasteiger partial charge on any atom is -0.307 e. The van der Waals surface area contributed by atoms with Crippen LogP contribution in [0.25, 0.3) is 11.3 Å². The summed E-state index contributed by atoms with van der Waals surface area (Å²) in [6.45, 7) is 2.00. The average molecular weight is 463 g/mol. The second kappa shape index (κ2) is 9.64. The van der Waals surface area contributed by atoms with E-state index in [1.165, 1.54) is 15.9 Å². The van der Waals surface area contributed by atoms with E-state index in [-0.39, 0.29) is 5.91 Å². The third kappa shape index (κ3) is 4.96. The summed E-state index contributed by atoms with van der Waals surface area (Å²) >= 11 is 7.19. The lowest BCUT2D eigenvalue weighted by molar-refractivity contribution is 0.0953. The molecule has 0 bridgehead atoms. The van der Waals surface area contributed by atoms with Crippen molar-refractivity contribution in [1.29, 1.82) is 0 Å². The Labute approximate surface area is 193 Å². The number of nitrogens with zero attached hydrogens (tertiary/aromatic N) is 2. The molecule has 6 nitrogen and oxygen atoms in total. The summed E-state index contributed by atoms with van der Waals surface area (Å²) in [7, 11) is 0. The van der Waals surface area contributed by atoms with Crippen molar-refractivity contribution in [3.8, 4) is 11.3 Å². The number of rotatable bonds is 4. The van der Waals surface area contributed by atoms with Crippen LogP contribution in [0.4, 0.5) is 10.5 Å². The fourth-order valence-corrected chi connectivity index (χ4v) is 3.95. The van der Waals surface area contributed by atoms with Crippen molar-refractivity contribution in [2.24, 2.45) is 5.10 Å². The number of nitrogens with one attached hydrogen (secondary N) is 2. The number of halogens is 1. The zero-order valence-corrected chi connectivity index (χ0v) is 18.7. The van der Waals surface area contributed by atoms with Crippen LogP contribution in [-0.4, -0.2) is 16.5 Å². The highest BCUT2D eigenvalue weighted by molar-refractivity contribution is 7.07. The zero-order chi connectivity index (χ0) is 22.5. The normalized spacial score (nSPS) is 11.2. The average Bonchev–Trinajstić information content (AvgIpc) is 3.24. The molecule has 160 valence electrons. The number of anilines is 1. The van der Waals surface area contributed by atoms with E-state index >= 15 is 0 Å². The molecule has 4 aromatic rings. The van der Waals surface area contributed by atoms with Crippen LogP contribution < -0.4 is 15.5 Å². The maximum absolute atomic E-state index is 13.2. The van der Waals surface area contributed by atoms with Crippen molar-refractivity contribution in [2.75, 3.05) is 5.32 Å². The Balaban J connectivity index is 1.71. The number of carbonyl (C=O) groups excluding carboxylic acids is 2. The highest BCUT2D eigenvalue weighted by atomic mass is 35.5. The largest absolute Gasteiger partial charge is 0.332 e. The highest BCUT2D eigenvalue weighted by Crippen LogP contribution is 2.21. The lowest BCUT2D eigenvalue weighted by Gasteiger charge is -2.10. The molecule has 0 atom stereocenters. The molecule has 0 saturated carbocycles. The Morgan fingerprint density at radius 2 is 1.62 bits per heavy atom. The molecule has 0 saturated heterocycles. The van der Waals surface area contributed by atoms with Gasteiger partial charge in [0, 0.05) is 21.7 Å². The SMILES string of the molecule is Cc1ccc(-c2cs/c(=N/NC(=O)c3ccccc3)n2C(=O)Nc2ccc(Cl)cc2)cc1. The van der Waals surface area contributed by atoms with Gasteiger partial charge in [0.1, 0.15) is 0 Å². The smallest absolute Gasteiger partial charge is 0.307 e. The van der Waals surface area contributed by atoms with E-state index in [4.69, 9.17) is 11.6 Å². The molecule has 4 rings (SSSR count). The first-order valence-corrected chi connectivity index (χ1v) is 11.0. The van der Waals surface area contributed by atoms with Gasteiger partial charge in [-0.1, -0.05) is 59.6 Å². The summed E-state index contributed by atoms with van der Waals surface area (Å²) in [5, 5.41) is 9.48. The van der Waals surface area contributed by atoms with Crippen LogP contribution in [0.2, 0.25) is 5.02 Å². The van der Waals surface area contributed by atoms with Crippen LogP contribution in [0.3, 0.4) is 0 Å². The predicted octanol–water partition coefficient (Wildman–Crippen LogP) is 5.50. The van der Waals surface area contributed by atoms with Gasteiger partial charge in [-0.3, -0.25) is 4.79 Å². The number of amides is 2. The highest BCUT2D eigenvalue weighted by Gasteiger charge is 2.16. The van der Waals surface area contributed by atoms with Crippen molar-refractivity contribution in [3.05, 3.63) is 105 Å². The first-order valence-electron chi connectivity index (χ1n) is 9.75. The number of aromatic nitrogens is 1. The first-order chi connectivity index (χ1) is 15.5. The summed E-state index contributed by atoms with van der Waals surface area (Å²) in [5.41, 5.74) is 6.23. The van der Waals surface area contributed by atoms with Crippen LogP contribution in [0.5, 0.6) is 0 Å². The second-order valence-electron chi connectivity index (χ2n) is 6.96. The monoisotopic (exact) mass is 462 g/mol. The van der Waals surface area contributed by atoms with Gasteiger partial charge in [0.05, 0.1) is 5.69 Å². The van der Waals surface area contributed by atoms with Gasteiger partial charge in [-0.05, 0) is 48.9 Å². The van der Waals surface area contributed by atoms with E-state index in [0.717, 1.165) is 11.1 Å². The number of hydrogen-bond acceptors (Lipinski definition) is 4. The Morgan fingerprint density at radius 1 is 0.938 bits per heavy atom. The van der Waals surface area contributed by atoms with Crippen molar-refractivity contribution < 1.29 is 9.59 Å². The zero-order valence-electron chi connectivity index (χ0n) is 17.1. The maximum atomic E-state index is 13.2. The predicted molar refractivity (Wildman–Crippen MR) is 128 cm³/mol. The number of benzene rings is 3. The number of hydrogen-bond donors (Lipinski definition) is 2. The van der Waals surface area contributed by atoms with Gasteiger partial charge in [-0.2, -0.15) is 0 Å². The van der Waals surface area contributed by atoms with E-state index in [1.54, 1.807) is 48.5 Å². The minimum absolute atomic E-state index is 0.330. The summed E-state index contributed by atoms with van der Waals surface area (Å²) < 4.78 is 1.44. The van der Waals surface area contributed by atoms with Gasteiger partial charge < -0.3 is 5.32 Å². The van der Waals surface area contributed by atoms with E-state index in [1.807, 2.05) is 42.6 Å². The lowest BCUT2D eigenvalue weighted by Crippen LogP contribution is -2.31. The summed E-state index contributed by atoms with van der Waals surface area (Å²) in [5.74, 6) is -0.361. The molecule has 0 fully saturated rings. The van der Waals surface area contributed by atoms with E-state index < -0.39 is 6.03 Å². The number of carbonyl (C=O) groups is 2.